The fraction of sp³-hybridized carbons (Fsp3) is 0.429. The standard InChI is InChI=1S/C14H16O4/c1-2-18-13(16)8-10-4-3-9-7-11(15)5-6-12(9)14(10)17/h5-7,10,15H,2-4,8H2,1H3. The first kappa shape index (κ1) is 12.6. The lowest BCUT2D eigenvalue weighted by molar-refractivity contribution is -0.144. The van der Waals surface area contributed by atoms with Gasteiger partial charge in [-0.3, -0.25) is 9.59 Å². The number of ether oxygens (including phenoxy) is 1. The third kappa shape index (κ3) is 2.53. The molecule has 1 aliphatic rings. The van der Waals surface area contributed by atoms with Gasteiger partial charge in [-0.2, -0.15) is 0 Å². The molecule has 4 nitrogen and oxygen atoms in total. The van der Waals surface area contributed by atoms with Crippen LogP contribution in [0.3, 0.4) is 0 Å². The summed E-state index contributed by atoms with van der Waals surface area (Å²) >= 11 is 0. The summed E-state index contributed by atoms with van der Waals surface area (Å²) in [5.74, 6) is -0.464. The van der Waals surface area contributed by atoms with E-state index in [1.54, 1.807) is 19.1 Å². The van der Waals surface area contributed by atoms with Crippen molar-refractivity contribution >= 4 is 11.8 Å². The number of benzene rings is 1. The van der Waals surface area contributed by atoms with E-state index in [1.807, 2.05) is 0 Å². The summed E-state index contributed by atoms with van der Waals surface area (Å²) in [4.78, 5) is 23.6. The molecule has 1 aliphatic carbocycles. The lowest BCUT2D eigenvalue weighted by Gasteiger charge is -2.22. The Hall–Kier alpha value is -1.84. The van der Waals surface area contributed by atoms with E-state index in [2.05, 4.69) is 0 Å². The first-order chi connectivity index (χ1) is 8.61. The van der Waals surface area contributed by atoms with Crippen LogP contribution in [-0.4, -0.2) is 23.5 Å². The molecule has 1 aromatic rings. The van der Waals surface area contributed by atoms with E-state index in [4.69, 9.17) is 4.74 Å². The van der Waals surface area contributed by atoms with Gasteiger partial charge in [0.25, 0.3) is 0 Å². The Bertz CT molecular complexity index is 479. The minimum absolute atomic E-state index is 0.0238. The third-order valence-electron chi connectivity index (χ3n) is 3.21. The molecule has 0 radical (unpaired) electrons. The molecule has 0 spiro atoms. The summed E-state index contributed by atoms with van der Waals surface area (Å²) in [5.41, 5.74) is 1.48. The van der Waals surface area contributed by atoms with Gasteiger partial charge in [-0.25, -0.2) is 0 Å². The van der Waals surface area contributed by atoms with Crippen molar-refractivity contribution in [3.63, 3.8) is 0 Å². The summed E-state index contributed by atoms with van der Waals surface area (Å²) < 4.78 is 4.87. The van der Waals surface area contributed by atoms with Gasteiger partial charge in [-0.05, 0) is 43.5 Å². The molecule has 1 N–H and O–H groups in total. The predicted octanol–water partition coefficient (Wildman–Crippen LogP) is 2.09. The quantitative estimate of drug-likeness (QED) is 0.832. The second-order valence-electron chi connectivity index (χ2n) is 4.45. The Labute approximate surface area is 106 Å². The topological polar surface area (TPSA) is 63.6 Å². The molecule has 0 aliphatic heterocycles. The van der Waals surface area contributed by atoms with Crippen LogP contribution >= 0.6 is 0 Å². The number of phenolic OH excluding ortho intramolecular Hbond substituents is 1. The number of aromatic hydroxyl groups is 1. The van der Waals surface area contributed by atoms with Crippen molar-refractivity contribution in [3.8, 4) is 5.75 Å². The number of carbonyl (C=O) groups excluding carboxylic acids is 2. The predicted molar refractivity (Wildman–Crippen MR) is 65.5 cm³/mol. The molecule has 0 saturated heterocycles. The highest BCUT2D eigenvalue weighted by Crippen LogP contribution is 2.30. The number of rotatable bonds is 3. The van der Waals surface area contributed by atoms with Crippen molar-refractivity contribution < 1.29 is 19.4 Å². The minimum atomic E-state index is -0.321. The maximum Gasteiger partial charge on any atom is 0.306 e. The zero-order valence-electron chi connectivity index (χ0n) is 10.3. The minimum Gasteiger partial charge on any atom is -0.508 e. The second-order valence-corrected chi connectivity index (χ2v) is 4.45. The van der Waals surface area contributed by atoms with Crippen LogP contribution in [-0.2, 0) is 16.0 Å². The van der Waals surface area contributed by atoms with Gasteiger partial charge in [-0.1, -0.05) is 0 Å². The maximum atomic E-state index is 12.2. The smallest absolute Gasteiger partial charge is 0.306 e. The van der Waals surface area contributed by atoms with E-state index in [9.17, 15) is 14.7 Å². The molecule has 1 atom stereocenters. The lowest BCUT2D eigenvalue weighted by Crippen LogP contribution is -2.25. The van der Waals surface area contributed by atoms with Crippen LogP contribution in [0.1, 0.15) is 35.7 Å². The molecule has 1 unspecified atom stereocenters. The zero-order valence-corrected chi connectivity index (χ0v) is 10.3. The Balaban J connectivity index is 2.13. The fourth-order valence-electron chi connectivity index (χ4n) is 2.32. The highest BCUT2D eigenvalue weighted by molar-refractivity contribution is 6.01. The van der Waals surface area contributed by atoms with E-state index in [-0.39, 0.29) is 29.8 Å². The summed E-state index contributed by atoms with van der Waals surface area (Å²) in [7, 11) is 0. The van der Waals surface area contributed by atoms with Crippen LogP contribution in [0.5, 0.6) is 5.75 Å². The molecule has 0 bridgehead atoms. The summed E-state index contributed by atoms with van der Waals surface area (Å²) in [6.45, 7) is 2.09. The number of aryl methyl sites for hydroxylation is 1. The van der Waals surface area contributed by atoms with E-state index in [0.717, 1.165) is 5.56 Å². The Morgan fingerprint density at radius 3 is 3.00 bits per heavy atom. The molecule has 96 valence electrons. The molecule has 4 heteroatoms. The van der Waals surface area contributed by atoms with Crippen molar-refractivity contribution in [2.45, 2.75) is 26.2 Å². The van der Waals surface area contributed by atoms with Crippen LogP contribution in [0.2, 0.25) is 0 Å². The number of hydrogen-bond donors (Lipinski definition) is 1. The van der Waals surface area contributed by atoms with Gasteiger partial charge in [0.2, 0.25) is 0 Å². The number of ketones is 1. The van der Waals surface area contributed by atoms with Gasteiger partial charge in [-0.15, -0.1) is 0 Å². The highest BCUT2D eigenvalue weighted by atomic mass is 16.5. The van der Waals surface area contributed by atoms with Gasteiger partial charge >= 0.3 is 5.97 Å². The van der Waals surface area contributed by atoms with Gasteiger partial charge in [0.15, 0.2) is 5.78 Å². The number of Topliss-reactive ketones (excluding diaryl/α,β-unsaturated/α-hetero) is 1. The molecule has 1 aromatic carbocycles. The molecular formula is C14H16O4. The lowest BCUT2D eigenvalue weighted by atomic mass is 9.81. The Kier molecular flexibility index (Phi) is 3.65. The molecular weight excluding hydrogens is 232 g/mol. The molecule has 0 fully saturated rings. The number of phenols is 1. The first-order valence-electron chi connectivity index (χ1n) is 6.13. The highest BCUT2D eigenvalue weighted by Gasteiger charge is 2.29. The van der Waals surface area contributed by atoms with Crippen molar-refractivity contribution in [2.24, 2.45) is 5.92 Å². The molecule has 0 saturated carbocycles. The van der Waals surface area contributed by atoms with Crippen LogP contribution in [0.15, 0.2) is 18.2 Å². The van der Waals surface area contributed by atoms with Gasteiger partial charge in [0.05, 0.1) is 13.0 Å². The average molecular weight is 248 g/mol. The van der Waals surface area contributed by atoms with Crippen LogP contribution in [0.4, 0.5) is 0 Å². The molecule has 0 amide bonds. The fourth-order valence-corrected chi connectivity index (χ4v) is 2.32. The van der Waals surface area contributed by atoms with Crippen LogP contribution < -0.4 is 0 Å². The van der Waals surface area contributed by atoms with E-state index in [0.29, 0.717) is 25.0 Å². The number of esters is 1. The molecule has 2 rings (SSSR count). The summed E-state index contributed by atoms with van der Waals surface area (Å²) in [5, 5.41) is 9.37. The van der Waals surface area contributed by atoms with Crippen molar-refractivity contribution in [3.05, 3.63) is 29.3 Å². The van der Waals surface area contributed by atoms with Gasteiger partial charge in [0, 0.05) is 11.5 Å². The number of carbonyl (C=O) groups is 2. The average Bonchev–Trinajstić information content (AvgIpc) is 2.33. The van der Waals surface area contributed by atoms with Crippen molar-refractivity contribution in [1.29, 1.82) is 0 Å². The second kappa shape index (κ2) is 5.21. The number of fused-ring (bicyclic) bond motifs is 1. The molecule has 0 aromatic heterocycles. The van der Waals surface area contributed by atoms with Crippen molar-refractivity contribution in [1.82, 2.24) is 0 Å². The zero-order chi connectivity index (χ0) is 13.1. The molecule has 0 heterocycles. The summed E-state index contributed by atoms with van der Waals surface area (Å²) in [6, 6.07) is 4.75. The van der Waals surface area contributed by atoms with Crippen molar-refractivity contribution in [2.75, 3.05) is 6.61 Å². The largest absolute Gasteiger partial charge is 0.508 e. The Morgan fingerprint density at radius 1 is 1.50 bits per heavy atom. The van der Waals surface area contributed by atoms with Gasteiger partial charge < -0.3 is 9.84 Å². The first-order valence-corrected chi connectivity index (χ1v) is 6.13. The van der Waals surface area contributed by atoms with Crippen LogP contribution in [0, 0.1) is 5.92 Å². The normalized spacial score (nSPS) is 18.3. The Morgan fingerprint density at radius 2 is 2.28 bits per heavy atom. The number of hydrogen-bond acceptors (Lipinski definition) is 4. The third-order valence-corrected chi connectivity index (χ3v) is 3.21. The van der Waals surface area contributed by atoms with E-state index in [1.165, 1.54) is 6.07 Å². The van der Waals surface area contributed by atoms with E-state index >= 15 is 0 Å². The summed E-state index contributed by atoms with van der Waals surface area (Å²) in [6.07, 6.45) is 1.49. The van der Waals surface area contributed by atoms with Gasteiger partial charge in [0.1, 0.15) is 5.75 Å². The van der Waals surface area contributed by atoms with Crippen LogP contribution in [0.25, 0.3) is 0 Å². The monoisotopic (exact) mass is 248 g/mol. The van der Waals surface area contributed by atoms with E-state index < -0.39 is 0 Å². The molecule has 18 heavy (non-hydrogen) atoms. The maximum absolute atomic E-state index is 12.2. The SMILES string of the molecule is CCOC(=O)CC1CCc2cc(O)ccc2C1=O.